The number of hydrogen-bond donors (Lipinski definition) is 0. The van der Waals surface area contributed by atoms with Gasteiger partial charge in [-0.25, -0.2) is 0 Å². The molecule has 0 bridgehead atoms. The Kier molecular flexibility index (Phi) is 5.83. The largest absolute Gasteiger partial charge is 0.466 e. The van der Waals surface area contributed by atoms with E-state index in [1.165, 1.54) is 0 Å². The van der Waals surface area contributed by atoms with E-state index in [1.54, 1.807) is 0 Å². The van der Waals surface area contributed by atoms with Gasteiger partial charge in [-0.3, -0.25) is 9.69 Å². The number of anilines is 1. The van der Waals surface area contributed by atoms with Gasteiger partial charge in [0.05, 0.1) is 30.9 Å². The van der Waals surface area contributed by atoms with Crippen LogP contribution in [0, 0.1) is 18.3 Å². The average molecular weight is 389 g/mol. The molecule has 3 heterocycles. The molecule has 7 nitrogen and oxygen atoms in total. The van der Waals surface area contributed by atoms with Crippen molar-refractivity contribution in [1.82, 2.24) is 15.1 Å². The number of piperidine rings is 1. The highest BCUT2D eigenvalue weighted by molar-refractivity contribution is 5.79. The summed E-state index contributed by atoms with van der Waals surface area (Å²) < 4.78 is 11.1. The number of morpholine rings is 1. The van der Waals surface area contributed by atoms with Gasteiger partial charge in [-0.15, -0.1) is 5.10 Å². The molecule has 28 heavy (non-hydrogen) atoms. The molecule has 0 unspecified atom stereocenters. The molecule has 1 aliphatic carbocycles. The molecule has 0 radical (unpaired) electrons. The van der Waals surface area contributed by atoms with Gasteiger partial charge in [0.25, 0.3) is 0 Å². The van der Waals surface area contributed by atoms with Gasteiger partial charge in [0.1, 0.15) is 0 Å². The number of aromatic nitrogens is 2. The summed E-state index contributed by atoms with van der Waals surface area (Å²) in [5, 5.41) is 8.58. The topological polar surface area (TPSA) is 67.8 Å². The number of rotatable bonds is 4. The molecule has 3 aliphatic rings. The van der Waals surface area contributed by atoms with Gasteiger partial charge in [-0.1, -0.05) is 0 Å². The molecule has 0 amide bonds. The lowest BCUT2D eigenvalue weighted by atomic mass is 9.61. The molecule has 1 saturated carbocycles. The van der Waals surface area contributed by atoms with Crippen LogP contribution < -0.4 is 4.90 Å². The van der Waals surface area contributed by atoms with Crippen molar-refractivity contribution < 1.29 is 14.3 Å². The molecular weight excluding hydrogens is 356 g/mol. The molecule has 2 saturated heterocycles. The smallest absolute Gasteiger partial charge is 0.314 e. The Labute approximate surface area is 167 Å². The lowest BCUT2D eigenvalue weighted by Gasteiger charge is -2.52. The van der Waals surface area contributed by atoms with Crippen molar-refractivity contribution in [2.24, 2.45) is 11.3 Å². The summed E-state index contributed by atoms with van der Waals surface area (Å²) in [5.74, 6) is 1.20. The minimum Gasteiger partial charge on any atom is -0.466 e. The Morgan fingerprint density at radius 2 is 2.07 bits per heavy atom. The van der Waals surface area contributed by atoms with E-state index in [0.29, 0.717) is 25.1 Å². The number of ether oxygens (including phenoxy) is 2. The van der Waals surface area contributed by atoms with Crippen LogP contribution >= 0.6 is 0 Å². The number of esters is 1. The monoisotopic (exact) mass is 388 g/mol. The van der Waals surface area contributed by atoms with Gasteiger partial charge < -0.3 is 14.4 Å². The van der Waals surface area contributed by atoms with Crippen LogP contribution in [0.2, 0.25) is 0 Å². The van der Waals surface area contributed by atoms with Crippen LogP contribution in [-0.4, -0.2) is 73.1 Å². The number of carbonyl (C=O) groups excluding carboxylic acids is 1. The zero-order chi connectivity index (χ0) is 19.6. The third kappa shape index (κ3) is 3.74. The van der Waals surface area contributed by atoms with Crippen LogP contribution in [0.3, 0.4) is 0 Å². The van der Waals surface area contributed by atoms with Crippen LogP contribution in [0.5, 0.6) is 0 Å². The quantitative estimate of drug-likeness (QED) is 0.731. The Hall–Kier alpha value is -1.73. The van der Waals surface area contributed by atoms with E-state index in [9.17, 15) is 4.79 Å². The Bertz CT molecular complexity index is 677. The van der Waals surface area contributed by atoms with Gasteiger partial charge in [-0.2, -0.15) is 5.10 Å². The highest BCUT2D eigenvalue weighted by Crippen LogP contribution is 2.49. The second kappa shape index (κ2) is 8.33. The van der Waals surface area contributed by atoms with Crippen molar-refractivity contribution in [3.63, 3.8) is 0 Å². The van der Waals surface area contributed by atoms with Crippen molar-refractivity contribution >= 4 is 11.8 Å². The summed E-state index contributed by atoms with van der Waals surface area (Å²) in [4.78, 5) is 17.9. The summed E-state index contributed by atoms with van der Waals surface area (Å²) in [6.07, 6.45) is 4.00. The Morgan fingerprint density at radius 3 is 2.79 bits per heavy atom. The third-order valence-corrected chi connectivity index (χ3v) is 6.83. The van der Waals surface area contributed by atoms with Crippen molar-refractivity contribution in [3.05, 3.63) is 17.8 Å². The third-order valence-electron chi connectivity index (χ3n) is 6.83. The minimum absolute atomic E-state index is 0.0230. The molecule has 0 N–H and O–H groups in total. The lowest BCUT2D eigenvalue weighted by Crippen LogP contribution is -2.59. The highest BCUT2D eigenvalue weighted by Gasteiger charge is 2.54. The Balaban J connectivity index is 1.54. The zero-order valence-corrected chi connectivity index (χ0v) is 17.1. The maximum Gasteiger partial charge on any atom is 0.314 e. The number of aryl methyl sites for hydroxylation is 1. The van der Waals surface area contributed by atoms with E-state index in [1.807, 2.05) is 26.0 Å². The Morgan fingerprint density at radius 1 is 1.25 bits per heavy atom. The van der Waals surface area contributed by atoms with E-state index in [-0.39, 0.29) is 5.97 Å². The fourth-order valence-electron chi connectivity index (χ4n) is 5.27. The number of fused-ring (bicyclic) bond motifs is 1. The van der Waals surface area contributed by atoms with Crippen molar-refractivity contribution in [3.8, 4) is 0 Å². The maximum absolute atomic E-state index is 13.1. The van der Waals surface area contributed by atoms with Gasteiger partial charge in [-0.05, 0) is 57.6 Å². The minimum atomic E-state index is -0.427. The fraction of sp³-hybridized carbons (Fsp3) is 0.762. The van der Waals surface area contributed by atoms with Crippen LogP contribution in [0.25, 0.3) is 0 Å². The standard InChI is InChI=1S/C21H32N4O3/c1-3-28-20(26)21-8-6-18(24-10-12-27-13-11-24)14-17(21)7-9-25(15-21)19-5-4-16(2)22-23-19/h4-5,17-18H,3,6-15H2,1-2H3/t17-,18+,21-/m1/s1. The molecule has 0 spiro atoms. The van der Waals surface area contributed by atoms with Gasteiger partial charge in [0, 0.05) is 32.2 Å². The molecule has 3 fully saturated rings. The second-order valence-corrected chi connectivity index (χ2v) is 8.39. The first kappa shape index (κ1) is 19.6. The first-order valence-electron chi connectivity index (χ1n) is 10.7. The molecule has 1 aromatic heterocycles. The SMILES string of the molecule is CCOC(=O)[C@@]12CC[C@H](N3CCOCC3)C[C@H]1CCN(c1ccc(C)nn1)C2. The van der Waals surface area contributed by atoms with Crippen molar-refractivity contribution in [2.45, 2.75) is 45.6 Å². The molecule has 3 atom stereocenters. The second-order valence-electron chi connectivity index (χ2n) is 8.39. The molecule has 7 heteroatoms. The normalized spacial score (nSPS) is 31.3. The molecule has 0 aromatic carbocycles. The summed E-state index contributed by atoms with van der Waals surface area (Å²) in [6, 6.07) is 4.56. The van der Waals surface area contributed by atoms with E-state index in [0.717, 1.165) is 70.0 Å². The first-order valence-corrected chi connectivity index (χ1v) is 10.7. The molecule has 154 valence electrons. The fourth-order valence-corrected chi connectivity index (χ4v) is 5.27. The molecule has 4 rings (SSSR count). The zero-order valence-electron chi connectivity index (χ0n) is 17.1. The summed E-state index contributed by atoms with van der Waals surface area (Å²) >= 11 is 0. The van der Waals surface area contributed by atoms with E-state index in [2.05, 4.69) is 20.0 Å². The summed E-state index contributed by atoms with van der Waals surface area (Å²) in [6.45, 7) is 9.54. The average Bonchev–Trinajstić information content (AvgIpc) is 2.74. The van der Waals surface area contributed by atoms with E-state index >= 15 is 0 Å². The van der Waals surface area contributed by atoms with Gasteiger partial charge in [0.15, 0.2) is 5.82 Å². The summed E-state index contributed by atoms with van der Waals surface area (Å²) in [7, 11) is 0. The molecule has 1 aromatic rings. The van der Waals surface area contributed by atoms with E-state index < -0.39 is 5.41 Å². The first-order chi connectivity index (χ1) is 13.6. The molecular formula is C21H32N4O3. The lowest BCUT2D eigenvalue weighted by molar-refractivity contribution is -0.164. The number of carbonyl (C=O) groups is 1. The van der Waals surface area contributed by atoms with Gasteiger partial charge >= 0.3 is 5.97 Å². The van der Waals surface area contributed by atoms with Crippen LogP contribution in [0.15, 0.2) is 12.1 Å². The predicted molar refractivity (Wildman–Crippen MR) is 106 cm³/mol. The predicted octanol–water partition coefficient (Wildman–Crippen LogP) is 2.05. The summed E-state index contributed by atoms with van der Waals surface area (Å²) in [5.41, 5.74) is 0.480. The number of nitrogens with zero attached hydrogens (tertiary/aromatic N) is 4. The van der Waals surface area contributed by atoms with E-state index in [4.69, 9.17) is 9.47 Å². The van der Waals surface area contributed by atoms with Gasteiger partial charge in [0.2, 0.25) is 0 Å². The highest BCUT2D eigenvalue weighted by atomic mass is 16.5. The maximum atomic E-state index is 13.1. The van der Waals surface area contributed by atoms with Crippen molar-refractivity contribution in [2.75, 3.05) is 50.9 Å². The number of hydrogen-bond acceptors (Lipinski definition) is 7. The van der Waals surface area contributed by atoms with Crippen LogP contribution in [-0.2, 0) is 14.3 Å². The molecule has 2 aliphatic heterocycles. The van der Waals surface area contributed by atoms with Crippen LogP contribution in [0.1, 0.15) is 38.3 Å². The van der Waals surface area contributed by atoms with Crippen LogP contribution in [0.4, 0.5) is 5.82 Å². The van der Waals surface area contributed by atoms with Crippen molar-refractivity contribution in [1.29, 1.82) is 0 Å².